The first-order valence-corrected chi connectivity index (χ1v) is 7.55. The molecule has 0 fully saturated rings. The lowest BCUT2D eigenvalue weighted by molar-refractivity contribution is 0.587. The van der Waals surface area contributed by atoms with Crippen LogP contribution in [0.5, 0.6) is 0 Å². The van der Waals surface area contributed by atoms with Crippen LogP contribution in [-0.4, -0.2) is 7.05 Å². The lowest BCUT2D eigenvalue weighted by atomic mass is 9.98. The molecule has 2 rings (SSSR count). The number of halogens is 3. The second kappa shape index (κ2) is 6.70. The van der Waals surface area contributed by atoms with Crippen molar-refractivity contribution in [3.05, 3.63) is 68.4 Å². The fraction of sp³-hybridized carbons (Fsp3) is 0.250. The van der Waals surface area contributed by atoms with Crippen LogP contribution in [0.15, 0.2) is 40.9 Å². The predicted octanol–water partition coefficient (Wildman–Crippen LogP) is 5.05. The maximum atomic E-state index is 13.3. The van der Waals surface area contributed by atoms with Crippen molar-refractivity contribution in [3.63, 3.8) is 0 Å². The normalized spacial score (nSPS) is 12.4. The zero-order chi connectivity index (χ0) is 14.7. The van der Waals surface area contributed by atoms with Crippen LogP contribution in [0.1, 0.15) is 22.7 Å². The first-order chi connectivity index (χ1) is 9.51. The molecule has 0 heterocycles. The Labute approximate surface area is 132 Å². The van der Waals surface area contributed by atoms with Gasteiger partial charge in [0.2, 0.25) is 0 Å². The van der Waals surface area contributed by atoms with Crippen molar-refractivity contribution >= 4 is 27.5 Å². The zero-order valence-electron chi connectivity index (χ0n) is 11.4. The molecule has 0 bridgehead atoms. The molecule has 0 aliphatic rings. The highest BCUT2D eigenvalue weighted by molar-refractivity contribution is 9.10. The number of likely N-dealkylation sites (N-methyl/N-ethyl adjacent to an activating group) is 1. The summed E-state index contributed by atoms with van der Waals surface area (Å²) < 4.78 is 13.8. The Hall–Kier alpha value is -0.900. The van der Waals surface area contributed by atoms with Gasteiger partial charge in [-0.3, -0.25) is 0 Å². The van der Waals surface area contributed by atoms with Crippen molar-refractivity contribution in [2.24, 2.45) is 0 Å². The quantitative estimate of drug-likeness (QED) is 0.808. The van der Waals surface area contributed by atoms with Crippen LogP contribution < -0.4 is 5.32 Å². The highest BCUT2D eigenvalue weighted by Gasteiger charge is 2.14. The first-order valence-electron chi connectivity index (χ1n) is 6.38. The number of benzene rings is 2. The zero-order valence-corrected chi connectivity index (χ0v) is 13.7. The van der Waals surface area contributed by atoms with Gasteiger partial charge in [0.1, 0.15) is 5.82 Å². The summed E-state index contributed by atoms with van der Waals surface area (Å²) in [5.74, 6) is -0.247. The molecule has 0 aliphatic heterocycles. The molecule has 1 nitrogen and oxygen atoms in total. The first kappa shape index (κ1) is 15.5. The van der Waals surface area contributed by atoms with Gasteiger partial charge in [0, 0.05) is 11.1 Å². The van der Waals surface area contributed by atoms with E-state index in [1.54, 1.807) is 6.07 Å². The molecular weight excluding hydrogens is 341 g/mol. The Bertz CT molecular complexity index is 615. The average molecular weight is 357 g/mol. The van der Waals surface area contributed by atoms with Crippen LogP contribution in [0.4, 0.5) is 4.39 Å². The SMILES string of the molecule is CNC(Cc1ccc(F)c(Br)c1)c1ccc(C)cc1Cl. The molecule has 0 spiro atoms. The monoisotopic (exact) mass is 355 g/mol. The Balaban J connectivity index is 2.26. The average Bonchev–Trinajstić information content (AvgIpc) is 2.41. The van der Waals surface area contributed by atoms with E-state index < -0.39 is 0 Å². The van der Waals surface area contributed by atoms with Crippen LogP contribution in [0.2, 0.25) is 5.02 Å². The van der Waals surface area contributed by atoms with E-state index in [1.807, 2.05) is 38.2 Å². The summed E-state index contributed by atoms with van der Waals surface area (Å²) in [4.78, 5) is 0. The largest absolute Gasteiger partial charge is 0.313 e. The molecule has 0 radical (unpaired) electrons. The molecule has 0 amide bonds. The molecule has 0 aliphatic carbocycles. The second-order valence-electron chi connectivity index (χ2n) is 4.82. The molecule has 1 unspecified atom stereocenters. The van der Waals surface area contributed by atoms with Crippen LogP contribution >= 0.6 is 27.5 Å². The Kier molecular flexibility index (Phi) is 5.19. The molecule has 106 valence electrons. The topological polar surface area (TPSA) is 12.0 Å². The van der Waals surface area contributed by atoms with Crippen molar-refractivity contribution in [1.82, 2.24) is 5.32 Å². The molecule has 4 heteroatoms. The van der Waals surface area contributed by atoms with Crippen molar-refractivity contribution in [2.45, 2.75) is 19.4 Å². The van der Waals surface area contributed by atoms with Crippen molar-refractivity contribution in [3.8, 4) is 0 Å². The molecule has 0 aromatic heterocycles. The van der Waals surface area contributed by atoms with Gasteiger partial charge < -0.3 is 5.32 Å². The summed E-state index contributed by atoms with van der Waals surface area (Å²) in [5.41, 5.74) is 3.24. The van der Waals surface area contributed by atoms with Gasteiger partial charge in [-0.15, -0.1) is 0 Å². The van der Waals surface area contributed by atoms with Gasteiger partial charge in [0.05, 0.1) is 4.47 Å². The Morgan fingerprint density at radius 2 is 2.00 bits per heavy atom. The third-order valence-corrected chi connectivity index (χ3v) is 4.24. The molecular formula is C16H16BrClFN. The molecule has 0 saturated carbocycles. The van der Waals surface area contributed by atoms with Gasteiger partial charge in [-0.25, -0.2) is 4.39 Å². The number of nitrogens with one attached hydrogen (secondary N) is 1. The molecule has 2 aromatic rings. The molecule has 20 heavy (non-hydrogen) atoms. The van der Waals surface area contributed by atoms with Gasteiger partial charge in [-0.05, 0) is 71.2 Å². The minimum absolute atomic E-state index is 0.0976. The van der Waals surface area contributed by atoms with E-state index in [0.29, 0.717) is 4.47 Å². The summed E-state index contributed by atoms with van der Waals surface area (Å²) in [6, 6.07) is 11.2. The highest BCUT2D eigenvalue weighted by atomic mass is 79.9. The lowest BCUT2D eigenvalue weighted by Crippen LogP contribution is -2.19. The van der Waals surface area contributed by atoms with Crippen molar-refractivity contribution in [1.29, 1.82) is 0 Å². The van der Waals surface area contributed by atoms with Gasteiger partial charge in [-0.2, -0.15) is 0 Å². The third-order valence-electron chi connectivity index (χ3n) is 3.30. The van der Waals surface area contributed by atoms with Crippen LogP contribution in [0.3, 0.4) is 0 Å². The molecule has 2 aromatic carbocycles. The lowest BCUT2D eigenvalue weighted by Gasteiger charge is -2.19. The Morgan fingerprint density at radius 3 is 2.60 bits per heavy atom. The van der Waals surface area contributed by atoms with Crippen molar-refractivity contribution in [2.75, 3.05) is 7.05 Å². The van der Waals surface area contributed by atoms with Crippen LogP contribution in [0, 0.1) is 12.7 Å². The number of aryl methyl sites for hydroxylation is 1. The third kappa shape index (κ3) is 3.60. The van der Waals surface area contributed by atoms with Gasteiger partial charge in [-0.1, -0.05) is 29.8 Å². The minimum Gasteiger partial charge on any atom is -0.313 e. The molecule has 1 atom stereocenters. The minimum atomic E-state index is -0.247. The maximum Gasteiger partial charge on any atom is 0.137 e. The standard InChI is InChI=1S/C16H16BrClFN/c1-10-3-5-12(14(18)7-10)16(20-2)9-11-4-6-15(19)13(17)8-11/h3-8,16,20H,9H2,1-2H3. The highest BCUT2D eigenvalue weighted by Crippen LogP contribution is 2.27. The van der Waals surface area contributed by atoms with E-state index in [0.717, 1.165) is 28.1 Å². The van der Waals surface area contributed by atoms with E-state index >= 15 is 0 Å². The summed E-state index contributed by atoms with van der Waals surface area (Å²) in [6.45, 7) is 2.02. The molecule has 0 saturated heterocycles. The molecule has 1 N–H and O–H groups in total. The van der Waals surface area contributed by atoms with E-state index in [4.69, 9.17) is 11.6 Å². The van der Waals surface area contributed by atoms with Crippen LogP contribution in [-0.2, 0) is 6.42 Å². The van der Waals surface area contributed by atoms with E-state index in [9.17, 15) is 4.39 Å². The van der Waals surface area contributed by atoms with Crippen molar-refractivity contribution < 1.29 is 4.39 Å². The maximum absolute atomic E-state index is 13.3. The number of hydrogen-bond donors (Lipinski definition) is 1. The summed E-state index contributed by atoms with van der Waals surface area (Å²) in [6.07, 6.45) is 0.748. The Morgan fingerprint density at radius 1 is 1.25 bits per heavy atom. The summed E-state index contributed by atoms with van der Waals surface area (Å²) >= 11 is 9.53. The fourth-order valence-corrected chi connectivity index (χ4v) is 2.98. The van der Waals surface area contributed by atoms with Gasteiger partial charge in [0.25, 0.3) is 0 Å². The number of hydrogen-bond acceptors (Lipinski definition) is 1. The predicted molar refractivity (Wildman–Crippen MR) is 85.8 cm³/mol. The number of rotatable bonds is 4. The van der Waals surface area contributed by atoms with E-state index in [-0.39, 0.29) is 11.9 Å². The van der Waals surface area contributed by atoms with E-state index in [2.05, 4.69) is 21.2 Å². The second-order valence-corrected chi connectivity index (χ2v) is 6.08. The summed E-state index contributed by atoms with van der Waals surface area (Å²) in [7, 11) is 1.90. The summed E-state index contributed by atoms with van der Waals surface area (Å²) in [5, 5.41) is 4.02. The van der Waals surface area contributed by atoms with Gasteiger partial charge >= 0.3 is 0 Å². The fourth-order valence-electron chi connectivity index (χ4n) is 2.18. The van der Waals surface area contributed by atoms with E-state index in [1.165, 1.54) is 6.07 Å². The van der Waals surface area contributed by atoms with Crippen LogP contribution in [0.25, 0.3) is 0 Å². The van der Waals surface area contributed by atoms with Gasteiger partial charge in [0.15, 0.2) is 0 Å². The smallest absolute Gasteiger partial charge is 0.137 e.